The minimum atomic E-state index is -3.55. The van der Waals surface area contributed by atoms with Gasteiger partial charge in [0, 0.05) is 38.2 Å². The van der Waals surface area contributed by atoms with Crippen LogP contribution in [0.2, 0.25) is 0 Å². The van der Waals surface area contributed by atoms with E-state index in [0.29, 0.717) is 24.6 Å². The highest BCUT2D eigenvalue weighted by Crippen LogP contribution is 2.47. The largest absolute Gasteiger partial charge is 0.383 e. The van der Waals surface area contributed by atoms with E-state index in [1.807, 2.05) is 17.9 Å². The third kappa shape index (κ3) is 3.41. The number of hydrogen-bond donors (Lipinski definition) is 0. The number of carbonyl (C=O) groups excluding carboxylic acids is 1. The first-order chi connectivity index (χ1) is 12.8. The number of fused-ring (bicyclic) bond motifs is 1. The van der Waals surface area contributed by atoms with Crippen LogP contribution in [-0.4, -0.2) is 56.4 Å². The number of benzene rings is 1. The summed E-state index contributed by atoms with van der Waals surface area (Å²) in [6.45, 7) is 4.21. The Bertz CT molecular complexity index is 848. The van der Waals surface area contributed by atoms with Crippen LogP contribution in [0.5, 0.6) is 0 Å². The zero-order valence-corrected chi connectivity index (χ0v) is 16.9. The van der Waals surface area contributed by atoms with Crippen molar-refractivity contribution in [3.63, 3.8) is 0 Å². The molecule has 1 saturated carbocycles. The Morgan fingerprint density at radius 2 is 2.04 bits per heavy atom. The van der Waals surface area contributed by atoms with Gasteiger partial charge in [0.1, 0.15) is 0 Å². The summed E-state index contributed by atoms with van der Waals surface area (Å²) in [4.78, 5) is 14.9. The number of amides is 1. The Morgan fingerprint density at radius 3 is 2.74 bits per heavy atom. The molecule has 27 heavy (non-hydrogen) atoms. The van der Waals surface area contributed by atoms with Gasteiger partial charge in [-0.05, 0) is 55.4 Å². The summed E-state index contributed by atoms with van der Waals surface area (Å²) in [6, 6.07) is 5.32. The number of carbonyl (C=O) groups is 1. The highest BCUT2D eigenvalue weighted by Gasteiger charge is 2.47. The van der Waals surface area contributed by atoms with Crippen molar-refractivity contribution in [2.24, 2.45) is 5.41 Å². The summed E-state index contributed by atoms with van der Waals surface area (Å²) in [7, 11) is -1.94. The van der Waals surface area contributed by atoms with Crippen LogP contribution >= 0.6 is 0 Å². The summed E-state index contributed by atoms with van der Waals surface area (Å²) >= 11 is 0. The van der Waals surface area contributed by atoms with Crippen LogP contribution in [0.15, 0.2) is 23.1 Å². The molecule has 3 aliphatic rings. The fourth-order valence-corrected chi connectivity index (χ4v) is 6.00. The molecule has 0 spiro atoms. The summed E-state index contributed by atoms with van der Waals surface area (Å²) < 4.78 is 33.1. The zero-order valence-electron chi connectivity index (χ0n) is 16.1. The minimum Gasteiger partial charge on any atom is -0.383 e. The predicted molar refractivity (Wildman–Crippen MR) is 102 cm³/mol. The molecule has 6 nitrogen and oxygen atoms in total. The van der Waals surface area contributed by atoms with Crippen LogP contribution < -0.4 is 0 Å². The summed E-state index contributed by atoms with van der Waals surface area (Å²) in [5.74, 6) is 0.209. The molecular weight excluding hydrogens is 364 g/mol. The normalized spacial score (nSPS) is 24.7. The van der Waals surface area contributed by atoms with Gasteiger partial charge in [-0.15, -0.1) is 0 Å². The van der Waals surface area contributed by atoms with Gasteiger partial charge in [-0.3, -0.25) is 4.79 Å². The first-order valence-electron chi connectivity index (χ1n) is 9.77. The third-order valence-corrected chi connectivity index (χ3v) is 8.23. The molecule has 1 atom stereocenters. The van der Waals surface area contributed by atoms with Crippen molar-refractivity contribution in [1.82, 2.24) is 9.21 Å². The van der Waals surface area contributed by atoms with Crippen molar-refractivity contribution < 1.29 is 17.9 Å². The van der Waals surface area contributed by atoms with Crippen LogP contribution in [0.1, 0.15) is 43.7 Å². The van der Waals surface area contributed by atoms with E-state index in [-0.39, 0.29) is 17.4 Å². The number of hydrogen-bond acceptors (Lipinski definition) is 4. The Balaban J connectivity index is 1.58. The van der Waals surface area contributed by atoms with Crippen LogP contribution in [-0.2, 0) is 32.5 Å². The van der Waals surface area contributed by atoms with Gasteiger partial charge in [-0.1, -0.05) is 13.0 Å². The van der Waals surface area contributed by atoms with E-state index in [1.54, 1.807) is 23.5 Å². The molecule has 0 aromatic heterocycles. The van der Waals surface area contributed by atoms with Gasteiger partial charge in [-0.2, -0.15) is 4.31 Å². The van der Waals surface area contributed by atoms with Crippen molar-refractivity contribution >= 4 is 15.9 Å². The molecule has 0 N–H and O–H groups in total. The molecule has 4 rings (SSSR count). The molecule has 1 amide bonds. The second-order valence-corrected chi connectivity index (χ2v) is 10.2. The fourth-order valence-electron chi connectivity index (χ4n) is 4.27. The maximum Gasteiger partial charge on any atom is 0.243 e. The Labute approximate surface area is 161 Å². The Morgan fingerprint density at radius 1 is 1.26 bits per heavy atom. The van der Waals surface area contributed by atoms with E-state index in [0.717, 1.165) is 49.8 Å². The fraction of sp³-hybridized carbons (Fsp3) is 0.650. The van der Waals surface area contributed by atoms with E-state index in [1.165, 1.54) is 0 Å². The monoisotopic (exact) mass is 392 g/mol. The van der Waals surface area contributed by atoms with Gasteiger partial charge in [0.25, 0.3) is 0 Å². The second kappa shape index (κ2) is 6.87. The smallest absolute Gasteiger partial charge is 0.243 e. The maximum absolute atomic E-state index is 13.2. The van der Waals surface area contributed by atoms with Gasteiger partial charge >= 0.3 is 0 Å². The molecule has 1 aromatic carbocycles. The summed E-state index contributed by atoms with van der Waals surface area (Å²) in [5.41, 5.74) is 1.92. The molecular formula is C20H28N2O4S. The van der Waals surface area contributed by atoms with Crippen molar-refractivity contribution in [2.75, 3.05) is 26.8 Å². The highest BCUT2D eigenvalue weighted by molar-refractivity contribution is 7.89. The number of sulfonamides is 1. The second-order valence-electron chi connectivity index (χ2n) is 8.34. The van der Waals surface area contributed by atoms with E-state index < -0.39 is 10.0 Å². The SMILES string of the molecule is COC[C@@H]1CCCN1S(=O)(=O)c1ccc2c(c1)CN(C(=O)C1(C)CC1)CC2. The van der Waals surface area contributed by atoms with Gasteiger partial charge < -0.3 is 9.64 Å². The summed E-state index contributed by atoms with van der Waals surface area (Å²) in [5, 5.41) is 0. The number of ether oxygens (including phenoxy) is 1. The molecule has 2 heterocycles. The van der Waals surface area contributed by atoms with Crippen molar-refractivity contribution in [2.45, 2.75) is 56.5 Å². The number of methoxy groups -OCH3 is 1. The molecule has 2 aliphatic heterocycles. The van der Waals surface area contributed by atoms with Crippen molar-refractivity contribution in [3.05, 3.63) is 29.3 Å². The Hall–Kier alpha value is -1.44. The van der Waals surface area contributed by atoms with Crippen molar-refractivity contribution in [3.8, 4) is 0 Å². The predicted octanol–water partition coefficient (Wildman–Crippen LogP) is 2.17. The lowest BCUT2D eigenvalue weighted by Crippen LogP contribution is -2.40. The van der Waals surface area contributed by atoms with Crippen LogP contribution in [0.25, 0.3) is 0 Å². The number of rotatable bonds is 5. The lowest BCUT2D eigenvalue weighted by atomic mass is 9.98. The molecule has 1 aromatic rings. The van der Waals surface area contributed by atoms with Crippen LogP contribution in [0.4, 0.5) is 0 Å². The molecule has 2 fully saturated rings. The lowest BCUT2D eigenvalue weighted by Gasteiger charge is -2.31. The number of nitrogens with zero attached hydrogens (tertiary/aromatic N) is 2. The molecule has 7 heteroatoms. The van der Waals surface area contributed by atoms with Gasteiger partial charge in [0.15, 0.2) is 0 Å². The lowest BCUT2D eigenvalue weighted by molar-refractivity contribution is -0.137. The first kappa shape index (κ1) is 18.9. The first-order valence-corrected chi connectivity index (χ1v) is 11.2. The molecule has 0 radical (unpaired) electrons. The van der Waals surface area contributed by atoms with Crippen LogP contribution in [0.3, 0.4) is 0 Å². The molecule has 1 saturated heterocycles. The van der Waals surface area contributed by atoms with E-state index in [9.17, 15) is 13.2 Å². The molecule has 1 aliphatic carbocycles. The average Bonchev–Trinajstić information content (AvgIpc) is 3.23. The molecule has 148 valence electrons. The average molecular weight is 393 g/mol. The maximum atomic E-state index is 13.2. The van der Waals surface area contributed by atoms with E-state index in [4.69, 9.17) is 4.74 Å². The highest BCUT2D eigenvalue weighted by atomic mass is 32.2. The quantitative estimate of drug-likeness (QED) is 0.770. The van der Waals surface area contributed by atoms with Gasteiger partial charge in [0.05, 0.1) is 11.5 Å². The van der Waals surface area contributed by atoms with Gasteiger partial charge in [0.2, 0.25) is 15.9 Å². The zero-order chi connectivity index (χ0) is 19.2. The summed E-state index contributed by atoms with van der Waals surface area (Å²) in [6.07, 6.45) is 4.39. The minimum absolute atomic E-state index is 0.0936. The standard InChI is InChI=1S/C20H28N2O4S/c1-20(8-9-20)19(23)21-11-7-15-5-6-18(12-16(15)13-21)27(24,25)22-10-3-4-17(22)14-26-2/h5-6,12,17H,3-4,7-11,13-14H2,1-2H3/t17-/m0/s1. The topological polar surface area (TPSA) is 66.9 Å². The Kier molecular flexibility index (Phi) is 4.81. The van der Waals surface area contributed by atoms with Crippen molar-refractivity contribution in [1.29, 1.82) is 0 Å². The van der Waals surface area contributed by atoms with E-state index in [2.05, 4.69) is 0 Å². The van der Waals surface area contributed by atoms with Gasteiger partial charge in [-0.25, -0.2) is 8.42 Å². The third-order valence-electron chi connectivity index (χ3n) is 6.28. The van der Waals surface area contributed by atoms with E-state index >= 15 is 0 Å². The molecule has 0 unspecified atom stereocenters. The van der Waals surface area contributed by atoms with Crippen LogP contribution in [0, 0.1) is 5.41 Å². The molecule has 0 bridgehead atoms.